The fourth-order valence-corrected chi connectivity index (χ4v) is 2.47. The zero-order valence-electron chi connectivity index (χ0n) is 14.6. The maximum Gasteiger partial charge on any atom is 0.291 e. The molecule has 0 radical (unpaired) electrons. The molecular formula is C20H20N2O4. The molecule has 1 heterocycles. The van der Waals surface area contributed by atoms with Crippen LogP contribution in [0, 0.1) is 0 Å². The summed E-state index contributed by atoms with van der Waals surface area (Å²) in [6, 6.07) is 16.6. The van der Waals surface area contributed by atoms with Crippen molar-refractivity contribution in [3.8, 4) is 11.5 Å². The molecule has 134 valence electrons. The second kappa shape index (κ2) is 8.11. The van der Waals surface area contributed by atoms with Crippen LogP contribution in [0.1, 0.15) is 16.1 Å². The fourth-order valence-electron chi connectivity index (χ4n) is 2.47. The van der Waals surface area contributed by atoms with Gasteiger partial charge >= 0.3 is 0 Å². The Balaban J connectivity index is 1.58. The highest BCUT2D eigenvalue weighted by molar-refractivity contribution is 6.02. The summed E-state index contributed by atoms with van der Waals surface area (Å²) in [4.78, 5) is 11.9. The summed E-state index contributed by atoms with van der Waals surface area (Å²) in [6.45, 7) is 0.637. The van der Waals surface area contributed by atoms with E-state index in [1.165, 1.54) is 6.26 Å². The van der Waals surface area contributed by atoms with Crippen LogP contribution in [0.2, 0.25) is 0 Å². The first-order chi connectivity index (χ1) is 12.7. The Morgan fingerprint density at radius 1 is 0.962 bits per heavy atom. The number of carbonyl (C=O) groups is 1. The van der Waals surface area contributed by atoms with Crippen molar-refractivity contribution in [2.75, 3.05) is 24.9 Å². The number of ether oxygens (including phenoxy) is 2. The molecule has 2 aromatic carbocycles. The average molecular weight is 352 g/mol. The van der Waals surface area contributed by atoms with E-state index in [9.17, 15) is 4.79 Å². The number of anilines is 2. The molecule has 0 spiro atoms. The number of carbonyl (C=O) groups excluding carboxylic acids is 1. The first-order valence-corrected chi connectivity index (χ1v) is 8.09. The van der Waals surface area contributed by atoms with Crippen molar-refractivity contribution in [2.45, 2.75) is 6.54 Å². The molecule has 6 heteroatoms. The summed E-state index contributed by atoms with van der Waals surface area (Å²) in [7, 11) is 3.23. The van der Waals surface area contributed by atoms with Crippen molar-refractivity contribution in [1.29, 1.82) is 0 Å². The molecule has 0 atom stereocenters. The van der Waals surface area contributed by atoms with Gasteiger partial charge in [0, 0.05) is 17.9 Å². The van der Waals surface area contributed by atoms with E-state index >= 15 is 0 Å². The maximum atomic E-state index is 11.9. The van der Waals surface area contributed by atoms with Gasteiger partial charge in [0.05, 0.1) is 20.5 Å². The van der Waals surface area contributed by atoms with Crippen molar-refractivity contribution >= 4 is 17.3 Å². The summed E-state index contributed by atoms with van der Waals surface area (Å²) in [5.41, 5.74) is 2.71. The van der Waals surface area contributed by atoms with E-state index in [2.05, 4.69) is 10.6 Å². The van der Waals surface area contributed by atoms with E-state index in [1.807, 2.05) is 42.5 Å². The van der Waals surface area contributed by atoms with Crippen LogP contribution < -0.4 is 20.1 Å². The molecule has 0 saturated heterocycles. The van der Waals surface area contributed by atoms with Crippen LogP contribution in [-0.4, -0.2) is 20.1 Å². The second-order valence-corrected chi connectivity index (χ2v) is 5.55. The molecule has 1 aromatic heterocycles. The monoisotopic (exact) mass is 352 g/mol. The van der Waals surface area contributed by atoms with Gasteiger partial charge in [0.1, 0.15) is 0 Å². The van der Waals surface area contributed by atoms with Gasteiger partial charge in [-0.2, -0.15) is 0 Å². The Bertz CT molecular complexity index is 858. The lowest BCUT2D eigenvalue weighted by Crippen LogP contribution is -2.10. The molecule has 0 aliphatic heterocycles. The Morgan fingerprint density at radius 3 is 2.35 bits per heavy atom. The summed E-state index contributed by atoms with van der Waals surface area (Å²) in [6.07, 6.45) is 1.47. The lowest BCUT2D eigenvalue weighted by molar-refractivity contribution is 0.0996. The van der Waals surface area contributed by atoms with E-state index < -0.39 is 0 Å². The molecule has 0 bridgehead atoms. The quantitative estimate of drug-likeness (QED) is 0.668. The number of furan rings is 1. The molecular weight excluding hydrogens is 332 g/mol. The number of benzene rings is 2. The van der Waals surface area contributed by atoms with Crippen molar-refractivity contribution in [3.63, 3.8) is 0 Å². The van der Waals surface area contributed by atoms with Crippen LogP contribution in [0.15, 0.2) is 65.3 Å². The topological polar surface area (TPSA) is 72.7 Å². The molecule has 3 aromatic rings. The minimum Gasteiger partial charge on any atom is -0.493 e. The molecule has 3 rings (SSSR count). The normalized spacial score (nSPS) is 10.2. The standard InChI is InChI=1S/C20H20N2O4/c1-24-17-10-5-14(12-19(17)25-2)13-21-15-6-8-16(9-7-15)22-20(23)18-4-3-11-26-18/h3-12,21H,13H2,1-2H3,(H,22,23). The third kappa shape index (κ3) is 4.16. The van der Waals surface area contributed by atoms with Crippen LogP contribution in [0.3, 0.4) is 0 Å². The number of nitrogens with one attached hydrogen (secondary N) is 2. The van der Waals surface area contributed by atoms with E-state index in [0.717, 1.165) is 11.3 Å². The number of amides is 1. The Labute approximate surface area is 151 Å². The minimum absolute atomic E-state index is 0.277. The van der Waals surface area contributed by atoms with Gasteiger partial charge in [-0.25, -0.2) is 0 Å². The lowest BCUT2D eigenvalue weighted by Gasteiger charge is -2.11. The van der Waals surface area contributed by atoms with Crippen LogP contribution >= 0.6 is 0 Å². The van der Waals surface area contributed by atoms with Gasteiger partial charge in [0.2, 0.25) is 0 Å². The Kier molecular flexibility index (Phi) is 5.43. The van der Waals surface area contributed by atoms with Crippen LogP contribution in [0.4, 0.5) is 11.4 Å². The van der Waals surface area contributed by atoms with Crippen molar-refractivity contribution in [3.05, 3.63) is 72.2 Å². The Hall–Kier alpha value is -3.41. The summed E-state index contributed by atoms with van der Waals surface area (Å²) in [5.74, 6) is 1.40. The van der Waals surface area contributed by atoms with Crippen molar-refractivity contribution in [2.24, 2.45) is 0 Å². The largest absolute Gasteiger partial charge is 0.493 e. The van der Waals surface area contributed by atoms with E-state index in [4.69, 9.17) is 13.9 Å². The number of hydrogen-bond acceptors (Lipinski definition) is 5. The summed E-state index contributed by atoms with van der Waals surface area (Å²) in [5, 5.41) is 6.11. The predicted octanol–water partition coefficient (Wildman–Crippen LogP) is 4.16. The van der Waals surface area contributed by atoms with Crippen molar-refractivity contribution in [1.82, 2.24) is 0 Å². The zero-order chi connectivity index (χ0) is 18.4. The first kappa shape index (κ1) is 17.4. The summed E-state index contributed by atoms with van der Waals surface area (Å²) >= 11 is 0. The molecule has 26 heavy (non-hydrogen) atoms. The second-order valence-electron chi connectivity index (χ2n) is 5.55. The molecule has 2 N–H and O–H groups in total. The van der Waals surface area contributed by atoms with Crippen LogP contribution in [-0.2, 0) is 6.54 Å². The molecule has 0 aliphatic carbocycles. The molecule has 1 amide bonds. The number of methoxy groups -OCH3 is 2. The summed E-state index contributed by atoms with van der Waals surface area (Å²) < 4.78 is 15.6. The average Bonchev–Trinajstić information content (AvgIpc) is 3.22. The minimum atomic E-state index is -0.277. The van der Waals surface area contributed by atoms with Gasteiger partial charge in [-0.3, -0.25) is 4.79 Å². The van der Waals surface area contributed by atoms with Crippen molar-refractivity contribution < 1.29 is 18.7 Å². The van der Waals surface area contributed by atoms with E-state index in [0.29, 0.717) is 23.7 Å². The van der Waals surface area contributed by atoms with Gasteiger partial charge in [-0.15, -0.1) is 0 Å². The molecule has 0 unspecified atom stereocenters. The van der Waals surface area contributed by atoms with Crippen LogP contribution in [0.25, 0.3) is 0 Å². The fraction of sp³-hybridized carbons (Fsp3) is 0.150. The molecule has 6 nitrogen and oxygen atoms in total. The molecule has 0 aliphatic rings. The third-order valence-electron chi connectivity index (χ3n) is 3.83. The number of rotatable bonds is 7. The van der Waals surface area contributed by atoms with Gasteiger partial charge < -0.3 is 24.5 Å². The van der Waals surface area contributed by atoms with E-state index in [1.54, 1.807) is 26.4 Å². The van der Waals surface area contributed by atoms with Gasteiger partial charge in [0.25, 0.3) is 5.91 Å². The highest BCUT2D eigenvalue weighted by atomic mass is 16.5. The van der Waals surface area contributed by atoms with Gasteiger partial charge in [-0.05, 0) is 54.1 Å². The Morgan fingerprint density at radius 2 is 1.69 bits per heavy atom. The smallest absolute Gasteiger partial charge is 0.291 e. The highest BCUT2D eigenvalue weighted by Crippen LogP contribution is 2.28. The van der Waals surface area contributed by atoms with Gasteiger partial charge in [0.15, 0.2) is 17.3 Å². The molecule has 0 fully saturated rings. The first-order valence-electron chi connectivity index (χ1n) is 8.09. The maximum absolute atomic E-state index is 11.9. The zero-order valence-corrected chi connectivity index (χ0v) is 14.6. The van der Waals surface area contributed by atoms with E-state index in [-0.39, 0.29) is 11.7 Å². The van der Waals surface area contributed by atoms with Crippen LogP contribution in [0.5, 0.6) is 11.5 Å². The SMILES string of the molecule is COc1ccc(CNc2ccc(NC(=O)c3ccco3)cc2)cc1OC. The molecule has 0 saturated carbocycles. The highest BCUT2D eigenvalue weighted by Gasteiger charge is 2.08. The predicted molar refractivity (Wildman–Crippen MR) is 100.0 cm³/mol. The number of hydrogen-bond donors (Lipinski definition) is 2. The third-order valence-corrected chi connectivity index (χ3v) is 3.83. The van der Waals surface area contributed by atoms with Gasteiger partial charge in [-0.1, -0.05) is 6.07 Å². The lowest BCUT2D eigenvalue weighted by atomic mass is 10.2.